The molecule has 0 bridgehead atoms. The Bertz CT molecular complexity index is 540. The molecule has 3 heteroatoms. The maximum atomic E-state index is 6.31. The molecule has 1 aromatic carbocycles. The Labute approximate surface area is 114 Å². The van der Waals surface area contributed by atoms with Gasteiger partial charge in [0.1, 0.15) is 5.75 Å². The number of benzene rings is 1. The summed E-state index contributed by atoms with van der Waals surface area (Å²) in [5.74, 6) is 0.867. The maximum Gasteiger partial charge on any atom is 0.124 e. The highest BCUT2D eigenvalue weighted by molar-refractivity contribution is 5.36. The van der Waals surface area contributed by atoms with Gasteiger partial charge < -0.3 is 10.5 Å². The lowest BCUT2D eigenvalue weighted by Gasteiger charge is -2.17. The molecule has 0 fully saturated rings. The summed E-state index contributed by atoms with van der Waals surface area (Å²) in [7, 11) is 0. The van der Waals surface area contributed by atoms with Crippen molar-refractivity contribution in [3.05, 3.63) is 59.4 Å². The molecule has 3 nitrogen and oxygen atoms in total. The summed E-state index contributed by atoms with van der Waals surface area (Å²) in [6.07, 6.45) is 2.53. The van der Waals surface area contributed by atoms with Gasteiger partial charge in [-0.3, -0.25) is 4.98 Å². The van der Waals surface area contributed by atoms with Crippen molar-refractivity contribution < 1.29 is 4.74 Å². The van der Waals surface area contributed by atoms with Crippen LogP contribution in [-0.2, 0) is 6.42 Å². The maximum absolute atomic E-state index is 6.31. The number of aryl methyl sites for hydroxylation is 1. The fraction of sp³-hybridized carbons (Fsp3) is 0.312. The Hall–Kier alpha value is -1.87. The zero-order chi connectivity index (χ0) is 13.7. The molecule has 2 rings (SSSR count). The molecule has 100 valence electrons. The van der Waals surface area contributed by atoms with Crippen molar-refractivity contribution in [2.24, 2.45) is 5.73 Å². The molecule has 0 radical (unpaired) electrons. The molecule has 0 saturated heterocycles. The van der Waals surface area contributed by atoms with Gasteiger partial charge in [0.05, 0.1) is 6.61 Å². The van der Waals surface area contributed by atoms with Crippen LogP contribution in [-0.4, -0.2) is 11.6 Å². The third-order valence-electron chi connectivity index (χ3n) is 3.15. The second-order valence-electron chi connectivity index (χ2n) is 4.55. The molecule has 0 amide bonds. The van der Waals surface area contributed by atoms with Crippen LogP contribution < -0.4 is 10.5 Å². The molecule has 2 aromatic rings. The topological polar surface area (TPSA) is 48.1 Å². The summed E-state index contributed by atoms with van der Waals surface area (Å²) in [4.78, 5) is 4.40. The summed E-state index contributed by atoms with van der Waals surface area (Å²) in [5.41, 5.74) is 9.56. The Morgan fingerprint density at radius 3 is 2.74 bits per heavy atom. The van der Waals surface area contributed by atoms with E-state index in [4.69, 9.17) is 10.5 Å². The lowest BCUT2D eigenvalue weighted by atomic mass is 10.00. The number of aromatic nitrogens is 1. The first-order valence-electron chi connectivity index (χ1n) is 6.60. The standard InChI is InChI=1S/C16H20N2O/c1-3-19-16-9-5-4-8-13(16)14(17)11-15-12(2)7-6-10-18-15/h4-10,14H,3,11,17H2,1-2H3. The van der Waals surface area contributed by atoms with Gasteiger partial charge in [-0.2, -0.15) is 0 Å². The van der Waals surface area contributed by atoms with Gasteiger partial charge in [-0.25, -0.2) is 0 Å². The molecular weight excluding hydrogens is 236 g/mol. The van der Waals surface area contributed by atoms with E-state index in [0.717, 1.165) is 23.4 Å². The molecule has 1 unspecified atom stereocenters. The van der Waals surface area contributed by atoms with E-state index >= 15 is 0 Å². The molecular formula is C16H20N2O. The highest BCUT2D eigenvalue weighted by Gasteiger charge is 2.13. The zero-order valence-corrected chi connectivity index (χ0v) is 11.5. The average molecular weight is 256 g/mol. The van der Waals surface area contributed by atoms with Gasteiger partial charge in [0.15, 0.2) is 0 Å². The van der Waals surface area contributed by atoms with Crippen molar-refractivity contribution >= 4 is 0 Å². The summed E-state index contributed by atoms with van der Waals surface area (Å²) < 4.78 is 5.63. The van der Waals surface area contributed by atoms with E-state index in [1.807, 2.05) is 43.5 Å². The molecule has 19 heavy (non-hydrogen) atoms. The van der Waals surface area contributed by atoms with Crippen LogP contribution in [0.15, 0.2) is 42.6 Å². The van der Waals surface area contributed by atoms with Gasteiger partial charge in [0.2, 0.25) is 0 Å². The number of hydrogen-bond acceptors (Lipinski definition) is 3. The van der Waals surface area contributed by atoms with Crippen LogP contribution in [0, 0.1) is 6.92 Å². The summed E-state index contributed by atoms with van der Waals surface area (Å²) in [5, 5.41) is 0. The minimum atomic E-state index is -0.101. The van der Waals surface area contributed by atoms with Crippen LogP contribution in [0.3, 0.4) is 0 Å². The molecule has 0 saturated carbocycles. The van der Waals surface area contributed by atoms with E-state index in [0.29, 0.717) is 6.61 Å². The smallest absolute Gasteiger partial charge is 0.124 e. The van der Waals surface area contributed by atoms with Crippen molar-refractivity contribution in [3.8, 4) is 5.75 Å². The predicted molar refractivity (Wildman–Crippen MR) is 77.2 cm³/mol. The van der Waals surface area contributed by atoms with Crippen molar-refractivity contribution in [3.63, 3.8) is 0 Å². The molecule has 1 aromatic heterocycles. The minimum Gasteiger partial charge on any atom is -0.494 e. The number of ether oxygens (including phenoxy) is 1. The van der Waals surface area contributed by atoms with Crippen LogP contribution in [0.1, 0.15) is 29.8 Å². The van der Waals surface area contributed by atoms with Gasteiger partial charge in [-0.05, 0) is 31.5 Å². The van der Waals surface area contributed by atoms with Gasteiger partial charge in [-0.1, -0.05) is 24.3 Å². The summed E-state index contributed by atoms with van der Waals surface area (Å²) >= 11 is 0. The number of pyridine rings is 1. The highest BCUT2D eigenvalue weighted by Crippen LogP contribution is 2.26. The van der Waals surface area contributed by atoms with Crippen LogP contribution in [0.4, 0.5) is 0 Å². The Kier molecular flexibility index (Phi) is 4.53. The quantitative estimate of drug-likeness (QED) is 0.894. The summed E-state index contributed by atoms with van der Waals surface area (Å²) in [6.45, 7) is 4.68. The third-order valence-corrected chi connectivity index (χ3v) is 3.15. The van der Waals surface area contributed by atoms with Gasteiger partial charge in [-0.15, -0.1) is 0 Å². The normalized spacial score (nSPS) is 12.2. The molecule has 1 heterocycles. The molecule has 0 spiro atoms. The number of nitrogens with two attached hydrogens (primary N) is 1. The van der Waals surface area contributed by atoms with E-state index in [2.05, 4.69) is 18.0 Å². The highest BCUT2D eigenvalue weighted by atomic mass is 16.5. The fourth-order valence-corrected chi connectivity index (χ4v) is 2.12. The third kappa shape index (κ3) is 3.32. The SMILES string of the molecule is CCOc1ccccc1C(N)Cc1ncccc1C. The molecule has 0 aliphatic heterocycles. The number of hydrogen-bond donors (Lipinski definition) is 1. The monoisotopic (exact) mass is 256 g/mol. The second-order valence-corrected chi connectivity index (χ2v) is 4.55. The van der Waals surface area contributed by atoms with Crippen molar-refractivity contribution in [1.29, 1.82) is 0 Å². The van der Waals surface area contributed by atoms with Crippen LogP contribution in [0.5, 0.6) is 5.75 Å². The van der Waals surface area contributed by atoms with Crippen LogP contribution >= 0.6 is 0 Å². The van der Waals surface area contributed by atoms with Crippen LogP contribution in [0.25, 0.3) is 0 Å². The fourth-order valence-electron chi connectivity index (χ4n) is 2.12. The first-order valence-corrected chi connectivity index (χ1v) is 6.60. The molecule has 0 aliphatic rings. The largest absolute Gasteiger partial charge is 0.494 e. The van der Waals surface area contributed by atoms with Crippen molar-refractivity contribution in [2.75, 3.05) is 6.61 Å². The first kappa shape index (κ1) is 13.6. The van der Waals surface area contributed by atoms with Gasteiger partial charge >= 0.3 is 0 Å². The molecule has 2 N–H and O–H groups in total. The average Bonchev–Trinajstić information content (AvgIpc) is 2.42. The van der Waals surface area contributed by atoms with E-state index < -0.39 is 0 Å². The molecule has 1 atom stereocenters. The number of para-hydroxylation sites is 1. The minimum absolute atomic E-state index is 0.101. The number of rotatable bonds is 5. The lowest BCUT2D eigenvalue weighted by Crippen LogP contribution is -2.16. The van der Waals surface area contributed by atoms with E-state index in [1.165, 1.54) is 5.56 Å². The van der Waals surface area contributed by atoms with Crippen molar-refractivity contribution in [2.45, 2.75) is 26.3 Å². The second kappa shape index (κ2) is 6.34. The van der Waals surface area contributed by atoms with Gasteiger partial charge in [0.25, 0.3) is 0 Å². The van der Waals surface area contributed by atoms with E-state index in [1.54, 1.807) is 0 Å². The van der Waals surface area contributed by atoms with Gasteiger partial charge in [0, 0.05) is 29.9 Å². The first-order chi connectivity index (χ1) is 9.22. The van der Waals surface area contributed by atoms with E-state index in [9.17, 15) is 0 Å². The Morgan fingerprint density at radius 1 is 1.21 bits per heavy atom. The molecule has 0 aliphatic carbocycles. The predicted octanol–water partition coefficient (Wildman–Crippen LogP) is 3.03. The van der Waals surface area contributed by atoms with Crippen LogP contribution in [0.2, 0.25) is 0 Å². The Balaban J connectivity index is 2.20. The zero-order valence-electron chi connectivity index (χ0n) is 11.5. The lowest BCUT2D eigenvalue weighted by molar-refractivity contribution is 0.334. The Morgan fingerprint density at radius 2 is 2.00 bits per heavy atom. The summed E-state index contributed by atoms with van der Waals surface area (Å²) in [6, 6.07) is 11.8. The van der Waals surface area contributed by atoms with E-state index in [-0.39, 0.29) is 6.04 Å². The number of nitrogens with zero attached hydrogens (tertiary/aromatic N) is 1. The van der Waals surface area contributed by atoms with Crippen molar-refractivity contribution in [1.82, 2.24) is 4.98 Å².